The van der Waals surface area contributed by atoms with Crippen LogP contribution in [0.5, 0.6) is 0 Å². The van der Waals surface area contributed by atoms with Crippen molar-refractivity contribution in [2.75, 3.05) is 19.8 Å². The molecule has 0 spiro atoms. The van der Waals surface area contributed by atoms with Gasteiger partial charge in [-0.1, -0.05) is 63.2 Å². The lowest BCUT2D eigenvalue weighted by molar-refractivity contribution is -0.152. The van der Waals surface area contributed by atoms with Gasteiger partial charge in [-0.25, -0.2) is 13.2 Å². The lowest BCUT2D eigenvalue weighted by atomic mass is 9.80. The second kappa shape index (κ2) is 14.8. The predicted molar refractivity (Wildman–Crippen MR) is 181 cm³/mol. The van der Waals surface area contributed by atoms with Crippen molar-refractivity contribution in [3.63, 3.8) is 0 Å². The highest BCUT2D eigenvalue weighted by atomic mass is 32.1. The molecule has 0 saturated heterocycles. The standard InChI is InChI=1S/C38H37F3N2O5S/c1-23(44)48-22-34(45)42(17-16-26(21-39)43-36(46)27-12-8-9-13-28(27)37(43)47)35(38(2,3)4)30-20-33(29-19-25(40)14-15-31(29)41)49-32(30)18-24-10-6-5-7-11-24/h5-15,19-20,26,35H,16-18,21-22H2,1-4H3/t26?,35-/m0/s1. The molecule has 2 atom stereocenters. The monoisotopic (exact) mass is 690 g/mol. The summed E-state index contributed by atoms with van der Waals surface area (Å²) in [6.45, 7) is 5.15. The van der Waals surface area contributed by atoms with Crippen molar-refractivity contribution in [2.45, 2.75) is 52.6 Å². The van der Waals surface area contributed by atoms with Gasteiger partial charge in [0.2, 0.25) is 0 Å². The molecule has 3 amide bonds. The Morgan fingerprint density at radius 3 is 2.12 bits per heavy atom. The van der Waals surface area contributed by atoms with E-state index in [2.05, 4.69) is 0 Å². The van der Waals surface area contributed by atoms with Crippen molar-refractivity contribution in [1.29, 1.82) is 0 Å². The van der Waals surface area contributed by atoms with Gasteiger partial charge in [-0.3, -0.25) is 24.1 Å². The zero-order valence-electron chi connectivity index (χ0n) is 27.7. The first-order valence-corrected chi connectivity index (χ1v) is 16.7. The Balaban J connectivity index is 1.58. The summed E-state index contributed by atoms with van der Waals surface area (Å²) in [6.07, 6.45) is 0.308. The summed E-state index contributed by atoms with van der Waals surface area (Å²) in [5, 5.41) is 0. The van der Waals surface area contributed by atoms with Crippen LogP contribution in [0, 0.1) is 17.0 Å². The smallest absolute Gasteiger partial charge is 0.303 e. The fourth-order valence-electron chi connectivity index (χ4n) is 6.26. The lowest BCUT2D eigenvalue weighted by Crippen LogP contribution is -2.47. The maximum Gasteiger partial charge on any atom is 0.303 e. The molecule has 1 aliphatic heterocycles. The summed E-state index contributed by atoms with van der Waals surface area (Å²) in [4.78, 5) is 55.8. The Hall–Kier alpha value is -4.77. The summed E-state index contributed by atoms with van der Waals surface area (Å²) in [5.41, 5.74) is 1.35. The van der Waals surface area contributed by atoms with Gasteiger partial charge < -0.3 is 9.64 Å². The molecule has 3 aromatic carbocycles. The second-order valence-electron chi connectivity index (χ2n) is 13.0. The number of carbonyl (C=O) groups excluding carboxylic acids is 4. The van der Waals surface area contributed by atoms with Crippen molar-refractivity contribution in [3.05, 3.63) is 118 Å². The number of halogens is 3. The lowest BCUT2D eigenvalue weighted by Gasteiger charge is -2.41. The molecular weight excluding hydrogens is 653 g/mol. The average Bonchev–Trinajstić information content (AvgIpc) is 3.58. The molecule has 1 aromatic heterocycles. The molecule has 1 unspecified atom stereocenters. The fraction of sp³-hybridized carbons (Fsp3) is 0.316. The number of nitrogens with zero attached hydrogens (tertiary/aromatic N) is 2. The first-order valence-electron chi connectivity index (χ1n) is 15.9. The second-order valence-corrected chi connectivity index (χ2v) is 14.2. The Kier molecular flexibility index (Phi) is 10.7. The van der Waals surface area contributed by atoms with Gasteiger partial charge in [0.25, 0.3) is 17.7 Å². The number of imide groups is 1. The highest BCUT2D eigenvalue weighted by Gasteiger charge is 2.42. The van der Waals surface area contributed by atoms with Crippen LogP contribution in [-0.2, 0) is 20.7 Å². The Morgan fingerprint density at radius 1 is 0.898 bits per heavy atom. The fourth-order valence-corrected chi connectivity index (χ4v) is 7.51. The third-order valence-corrected chi connectivity index (χ3v) is 9.65. The van der Waals surface area contributed by atoms with E-state index in [0.29, 0.717) is 16.9 Å². The number of thiophene rings is 1. The number of amides is 3. The van der Waals surface area contributed by atoms with Gasteiger partial charge in [0.15, 0.2) is 6.61 Å². The molecule has 0 bridgehead atoms. The maximum absolute atomic E-state index is 15.1. The molecule has 7 nitrogen and oxygen atoms in total. The molecule has 11 heteroatoms. The number of hydrogen-bond acceptors (Lipinski definition) is 6. The average molecular weight is 691 g/mol. The van der Waals surface area contributed by atoms with E-state index >= 15 is 4.39 Å². The summed E-state index contributed by atoms with van der Waals surface area (Å²) >= 11 is 1.28. The molecular formula is C38H37F3N2O5S. The number of carbonyl (C=O) groups is 4. The normalized spacial score (nSPS) is 14.1. The summed E-state index contributed by atoms with van der Waals surface area (Å²) in [7, 11) is 0. The van der Waals surface area contributed by atoms with Crippen molar-refractivity contribution in [3.8, 4) is 10.4 Å². The van der Waals surface area contributed by atoms with Crippen LogP contribution in [0.15, 0.2) is 78.9 Å². The van der Waals surface area contributed by atoms with Crippen LogP contribution >= 0.6 is 11.3 Å². The summed E-state index contributed by atoms with van der Waals surface area (Å²) in [6, 6.07) is 18.9. The molecule has 0 saturated carbocycles. The van der Waals surface area contributed by atoms with Crippen molar-refractivity contribution in [2.24, 2.45) is 5.41 Å². The van der Waals surface area contributed by atoms with E-state index in [4.69, 9.17) is 4.74 Å². The van der Waals surface area contributed by atoms with Gasteiger partial charge in [0, 0.05) is 35.2 Å². The van der Waals surface area contributed by atoms with Crippen LogP contribution in [0.2, 0.25) is 0 Å². The molecule has 0 aliphatic carbocycles. The van der Waals surface area contributed by atoms with Crippen molar-refractivity contribution >= 4 is 35.0 Å². The number of benzene rings is 3. The number of fused-ring (bicyclic) bond motifs is 1. The largest absolute Gasteiger partial charge is 0.456 e. The third-order valence-electron chi connectivity index (χ3n) is 8.46. The molecule has 0 radical (unpaired) electrons. The van der Waals surface area contributed by atoms with Gasteiger partial charge >= 0.3 is 5.97 Å². The molecule has 4 aromatic rings. The van der Waals surface area contributed by atoms with Gasteiger partial charge in [-0.2, -0.15) is 0 Å². The zero-order valence-corrected chi connectivity index (χ0v) is 28.5. The van der Waals surface area contributed by atoms with E-state index in [1.54, 1.807) is 18.2 Å². The summed E-state index contributed by atoms with van der Waals surface area (Å²) in [5.74, 6) is -3.69. The van der Waals surface area contributed by atoms with Gasteiger partial charge in [-0.15, -0.1) is 11.3 Å². The number of ether oxygens (including phenoxy) is 1. The van der Waals surface area contributed by atoms with Crippen LogP contribution in [0.25, 0.3) is 10.4 Å². The van der Waals surface area contributed by atoms with Gasteiger partial charge in [0.1, 0.15) is 18.3 Å². The van der Waals surface area contributed by atoms with Gasteiger partial charge in [0.05, 0.1) is 23.2 Å². The zero-order chi connectivity index (χ0) is 35.5. The Labute approximate surface area is 287 Å². The van der Waals surface area contributed by atoms with E-state index in [-0.39, 0.29) is 29.7 Å². The van der Waals surface area contributed by atoms with E-state index in [1.165, 1.54) is 35.3 Å². The van der Waals surface area contributed by atoms with Gasteiger partial charge in [-0.05, 0) is 59.4 Å². The molecule has 0 N–H and O–H groups in total. The highest BCUT2D eigenvalue weighted by Crippen LogP contribution is 2.46. The SMILES string of the molecule is CC(=O)OCC(=O)N(CCC(CF)N1C(=O)c2ccccc2C1=O)[C@@H](c1cc(-c2cc(F)ccc2F)sc1Cc1ccccc1)C(C)(C)C. The minimum atomic E-state index is -1.18. The quantitative estimate of drug-likeness (QED) is 0.112. The van der Waals surface area contributed by atoms with Crippen LogP contribution < -0.4 is 0 Å². The number of alkyl halides is 1. The van der Waals surface area contributed by atoms with Crippen molar-refractivity contribution in [1.82, 2.24) is 9.80 Å². The Bertz CT molecular complexity index is 1840. The molecule has 49 heavy (non-hydrogen) atoms. The number of esters is 1. The van der Waals surface area contributed by atoms with E-state index < -0.39 is 66.1 Å². The van der Waals surface area contributed by atoms with Crippen molar-refractivity contribution < 1.29 is 37.1 Å². The molecule has 1 aliphatic rings. The number of rotatable bonds is 12. The molecule has 256 valence electrons. The first kappa shape index (κ1) is 35.5. The molecule has 2 heterocycles. The highest BCUT2D eigenvalue weighted by molar-refractivity contribution is 7.15. The van der Waals surface area contributed by atoms with Crippen LogP contribution in [0.4, 0.5) is 13.2 Å². The third kappa shape index (κ3) is 7.77. The molecule has 5 rings (SSSR count). The number of hydrogen-bond donors (Lipinski definition) is 0. The van der Waals surface area contributed by atoms with Crippen LogP contribution in [-0.4, -0.2) is 59.4 Å². The van der Waals surface area contributed by atoms with Crippen LogP contribution in [0.3, 0.4) is 0 Å². The molecule has 0 fully saturated rings. The van der Waals surface area contributed by atoms with E-state index in [0.717, 1.165) is 33.5 Å². The minimum Gasteiger partial charge on any atom is -0.456 e. The summed E-state index contributed by atoms with van der Waals surface area (Å²) < 4.78 is 49.3. The first-order chi connectivity index (χ1) is 23.3. The minimum absolute atomic E-state index is 0.0686. The van der Waals surface area contributed by atoms with Crippen LogP contribution in [0.1, 0.15) is 76.9 Å². The Morgan fingerprint density at radius 2 is 1.53 bits per heavy atom. The maximum atomic E-state index is 15.1. The van der Waals surface area contributed by atoms with E-state index in [9.17, 15) is 28.0 Å². The topological polar surface area (TPSA) is 84.0 Å². The predicted octanol–water partition coefficient (Wildman–Crippen LogP) is 7.79. The van der Waals surface area contributed by atoms with E-state index in [1.807, 2.05) is 51.1 Å².